The summed E-state index contributed by atoms with van der Waals surface area (Å²) in [5.41, 5.74) is -1.41. The molecule has 1 fully saturated rings. The summed E-state index contributed by atoms with van der Waals surface area (Å²) in [4.78, 5) is 22.0. The van der Waals surface area contributed by atoms with E-state index in [0.717, 1.165) is 6.42 Å². The van der Waals surface area contributed by atoms with Gasteiger partial charge in [0.2, 0.25) is 5.72 Å². The number of rotatable bonds is 5. The highest BCUT2D eigenvalue weighted by Gasteiger charge is 2.42. The molecule has 1 aliphatic heterocycles. The number of carboxylic acids is 1. The summed E-state index contributed by atoms with van der Waals surface area (Å²) in [5, 5.41) is 11.7. The zero-order chi connectivity index (χ0) is 11.3. The molecular weight excluding hydrogens is 202 g/mol. The molecule has 6 nitrogen and oxygen atoms in total. The second-order valence-electron chi connectivity index (χ2n) is 3.26. The standard InChI is InChI=1S/C9H15NO5/c1-2-14-7(11)6-15-9(8(12)13)4-3-5-10-9/h10H,2-6H2,1H3,(H,12,13)/t9-/m1/s1. The Morgan fingerprint density at radius 2 is 2.27 bits per heavy atom. The van der Waals surface area contributed by atoms with Gasteiger partial charge in [-0.1, -0.05) is 0 Å². The first-order valence-corrected chi connectivity index (χ1v) is 4.89. The molecule has 0 aromatic heterocycles. The summed E-state index contributed by atoms with van der Waals surface area (Å²) >= 11 is 0. The monoisotopic (exact) mass is 217 g/mol. The van der Waals surface area contributed by atoms with Crippen LogP contribution in [0.1, 0.15) is 19.8 Å². The van der Waals surface area contributed by atoms with Crippen LogP contribution in [0.2, 0.25) is 0 Å². The Bertz CT molecular complexity index is 247. The molecule has 1 aliphatic rings. The summed E-state index contributed by atoms with van der Waals surface area (Å²) in [6.07, 6.45) is 1.08. The quantitative estimate of drug-likeness (QED) is 0.617. The zero-order valence-electron chi connectivity index (χ0n) is 8.62. The minimum atomic E-state index is -1.41. The topological polar surface area (TPSA) is 84.9 Å². The molecule has 0 amide bonds. The number of aliphatic carboxylic acids is 1. The number of carbonyl (C=O) groups excluding carboxylic acids is 1. The average molecular weight is 217 g/mol. The molecular formula is C9H15NO5. The summed E-state index contributed by atoms with van der Waals surface area (Å²) in [6.45, 7) is 2.18. The normalized spacial score (nSPS) is 25.1. The Morgan fingerprint density at radius 3 is 2.73 bits per heavy atom. The van der Waals surface area contributed by atoms with E-state index in [4.69, 9.17) is 9.84 Å². The highest BCUT2D eigenvalue weighted by atomic mass is 16.6. The molecule has 0 radical (unpaired) electrons. The summed E-state index contributed by atoms with van der Waals surface area (Å²) < 4.78 is 9.72. The van der Waals surface area contributed by atoms with Crippen molar-refractivity contribution >= 4 is 11.9 Å². The van der Waals surface area contributed by atoms with Crippen LogP contribution in [0.5, 0.6) is 0 Å². The zero-order valence-corrected chi connectivity index (χ0v) is 8.62. The Morgan fingerprint density at radius 1 is 1.53 bits per heavy atom. The lowest BCUT2D eigenvalue weighted by atomic mass is 10.2. The van der Waals surface area contributed by atoms with E-state index in [1.54, 1.807) is 6.92 Å². The van der Waals surface area contributed by atoms with Crippen LogP contribution in [0.25, 0.3) is 0 Å². The maximum atomic E-state index is 11.0. The van der Waals surface area contributed by atoms with E-state index < -0.39 is 17.7 Å². The molecule has 2 N–H and O–H groups in total. The predicted molar refractivity (Wildman–Crippen MR) is 50.2 cm³/mol. The van der Waals surface area contributed by atoms with Crippen molar-refractivity contribution in [2.45, 2.75) is 25.5 Å². The Hall–Kier alpha value is -1.14. The Balaban J connectivity index is 2.46. The predicted octanol–water partition coefficient (Wildman–Crippen LogP) is -0.270. The second kappa shape index (κ2) is 5.09. The van der Waals surface area contributed by atoms with Gasteiger partial charge < -0.3 is 14.6 Å². The minimum absolute atomic E-state index is 0.260. The van der Waals surface area contributed by atoms with Gasteiger partial charge in [-0.05, 0) is 19.9 Å². The summed E-state index contributed by atoms with van der Waals surface area (Å²) in [7, 11) is 0. The molecule has 0 aromatic rings. The lowest BCUT2D eigenvalue weighted by Gasteiger charge is -2.23. The SMILES string of the molecule is CCOC(=O)CO[C@@]1(C(=O)O)CCCN1. The van der Waals surface area contributed by atoms with E-state index >= 15 is 0 Å². The van der Waals surface area contributed by atoms with Crippen LogP contribution in [-0.2, 0) is 19.1 Å². The maximum absolute atomic E-state index is 11.0. The maximum Gasteiger partial charge on any atom is 0.351 e. The number of ether oxygens (including phenoxy) is 2. The lowest BCUT2D eigenvalue weighted by molar-refractivity contribution is -0.175. The third kappa shape index (κ3) is 2.90. The fourth-order valence-electron chi connectivity index (χ4n) is 1.47. The highest BCUT2D eigenvalue weighted by molar-refractivity contribution is 5.78. The smallest absolute Gasteiger partial charge is 0.351 e. The van der Waals surface area contributed by atoms with E-state index in [2.05, 4.69) is 10.1 Å². The van der Waals surface area contributed by atoms with Crippen LogP contribution in [-0.4, -0.2) is 42.5 Å². The van der Waals surface area contributed by atoms with Crippen molar-refractivity contribution in [3.8, 4) is 0 Å². The molecule has 0 saturated carbocycles. The van der Waals surface area contributed by atoms with Gasteiger partial charge in [0, 0.05) is 6.42 Å². The molecule has 0 aromatic carbocycles. The van der Waals surface area contributed by atoms with Crippen LogP contribution < -0.4 is 5.32 Å². The van der Waals surface area contributed by atoms with Crippen molar-refractivity contribution < 1.29 is 24.2 Å². The van der Waals surface area contributed by atoms with Crippen LogP contribution in [0.3, 0.4) is 0 Å². The second-order valence-corrected chi connectivity index (χ2v) is 3.26. The lowest BCUT2D eigenvalue weighted by Crippen LogP contribution is -2.50. The van der Waals surface area contributed by atoms with E-state index in [1.165, 1.54) is 0 Å². The highest BCUT2D eigenvalue weighted by Crippen LogP contribution is 2.20. The molecule has 1 heterocycles. The summed E-state index contributed by atoms with van der Waals surface area (Å²) in [5.74, 6) is -1.64. The van der Waals surface area contributed by atoms with E-state index in [0.29, 0.717) is 13.0 Å². The largest absolute Gasteiger partial charge is 0.478 e. The molecule has 86 valence electrons. The number of hydrogen-bond donors (Lipinski definition) is 2. The van der Waals surface area contributed by atoms with Crippen molar-refractivity contribution in [3.63, 3.8) is 0 Å². The minimum Gasteiger partial charge on any atom is -0.478 e. The van der Waals surface area contributed by atoms with Gasteiger partial charge in [0.1, 0.15) is 6.61 Å². The first-order valence-electron chi connectivity index (χ1n) is 4.89. The van der Waals surface area contributed by atoms with Gasteiger partial charge >= 0.3 is 11.9 Å². The molecule has 1 atom stereocenters. The van der Waals surface area contributed by atoms with Crippen molar-refractivity contribution in [1.82, 2.24) is 5.32 Å². The Kier molecular flexibility index (Phi) is 4.05. The number of carboxylic acid groups (broad SMARTS) is 1. The third-order valence-electron chi connectivity index (χ3n) is 2.20. The molecule has 0 unspecified atom stereocenters. The fraction of sp³-hybridized carbons (Fsp3) is 0.778. The van der Waals surface area contributed by atoms with Crippen LogP contribution in [0, 0.1) is 0 Å². The van der Waals surface area contributed by atoms with E-state index in [9.17, 15) is 9.59 Å². The van der Waals surface area contributed by atoms with Gasteiger partial charge in [0.15, 0.2) is 0 Å². The number of carbonyl (C=O) groups is 2. The fourth-order valence-corrected chi connectivity index (χ4v) is 1.47. The first-order chi connectivity index (χ1) is 7.10. The van der Waals surface area contributed by atoms with Gasteiger partial charge in [-0.25, -0.2) is 9.59 Å². The van der Waals surface area contributed by atoms with Gasteiger partial charge in [-0.2, -0.15) is 0 Å². The van der Waals surface area contributed by atoms with Crippen LogP contribution in [0.4, 0.5) is 0 Å². The van der Waals surface area contributed by atoms with Crippen molar-refractivity contribution in [2.75, 3.05) is 19.8 Å². The van der Waals surface area contributed by atoms with Gasteiger partial charge in [0.25, 0.3) is 0 Å². The Labute approximate surface area is 87.5 Å². The van der Waals surface area contributed by atoms with Gasteiger partial charge in [-0.3, -0.25) is 5.32 Å². The van der Waals surface area contributed by atoms with Gasteiger partial charge in [-0.15, -0.1) is 0 Å². The number of esters is 1. The molecule has 1 rings (SSSR count). The molecule has 0 bridgehead atoms. The van der Waals surface area contributed by atoms with E-state index in [1.807, 2.05) is 0 Å². The molecule has 0 aliphatic carbocycles. The third-order valence-corrected chi connectivity index (χ3v) is 2.20. The van der Waals surface area contributed by atoms with Crippen molar-refractivity contribution in [3.05, 3.63) is 0 Å². The summed E-state index contributed by atoms with van der Waals surface area (Å²) in [6, 6.07) is 0. The van der Waals surface area contributed by atoms with Crippen molar-refractivity contribution in [1.29, 1.82) is 0 Å². The number of nitrogens with one attached hydrogen (secondary N) is 1. The molecule has 15 heavy (non-hydrogen) atoms. The van der Waals surface area contributed by atoms with E-state index in [-0.39, 0.29) is 13.2 Å². The molecule has 6 heteroatoms. The first kappa shape index (κ1) is 11.9. The van der Waals surface area contributed by atoms with Gasteiger partial charge in [0.05, 0.1) is 6.61 Å². The molecule has 1 saturated heterocycles. The average Bonchev–Trinajstić information content (AvgIpc) is 2.65. The van der Waals surface area contributed by atoms with Crippen LogP contribution in [0.15, 0.2) is 0 Å². The van der Waals surface area contributed by atoms with Crippen molar-refractivity contribution in [2.24, 2.45) is 0 Å². The van der Waals surface area contributed by atoms with Crippen LogP contribution >= 0.6 is 0 Å². The number of hydrogen-bond acceptors (Lipinski definition) is 5. The molecule has 0 spiro atoms.